The quantitative estimate of drug-likeness (QED) is 0.715. The lowest BCUT2D eigenvalue weighted by Gasteiger charge is -2.26. The second-order valence-electron chi connectivity index (χ2n) is 3.92. The Kier molecular flexibility index (Phi) is 5.50. The minimum Gasteiger partial charge on any atom is -0.478 e. The van der Waals surface area contributed by atoms with Crippen LogP contribution in [0, 0.1) is 0 Å². The molecule has 0 spiro atoms. The second kappa shape index (κ2) is 6.66. The van der Waals surface area contributed by atoms with Crippen LogP contribution in [0.15, 0.2) is 11.1 Å². The van der Waals surface area contributed by atoms with Crippen molar-refractivity contribution in [1.82, 2.24) is 4.90 Å². The molecule has 0 saturated carbocycles. The van der Waals surface area contributed by atoms with Gasteiger partial charge in [-0.05, 0) is 13.3 Å². The summed E-state index contributed by atoms with van der Waals surface area (Å²) < 4.78 is 0. The fourth-order valence-electron chi connectivity index (χ4n) is 1.68. The molecule has 2 N–H and O–H groups in total. The van der Waals surface area contributed by atoms with E-state index in [4.69, 9.17) is 10.2 Å². The monoisotopic (exact) mass is 259 g/mol. The van der Waals surface area contributed by atoms with Crippen LogP contribution in [0.4, 0.5) is 0 Å². The van der Waals surface area contributed by atoms with Crippen LogP contribution >= 0.6 is 11.8 Å². The van der Waals surface area contributed by atoms with Gasteiger partial charge in [-0.15, -0.1) is 0 Å². The van der Waals surface area contributed by atoms with E-state index in [9.17, 15) is 9.59 Å². The normalized spacial score (nSPS) is 18.6. The van der Waals surface area contributed by atoms with Crippen LogP contribution in [0.25, 0.3) is 0 Å². The first-order valence-electron chi connectivity index (χ1n) is 5.49. The number of rotatable bonds is 5. The zero-order valence-corrected chi connectivity index (χ0v) is 10.6. The zero-order valence-electron chi connectivity index (χ0n) is 9.81. The number of aliphatic carboxylic acids is 2. The van der Waals surface area contributed by atoms with Crippen molar-refractivity contribution in [2.75, 3.05) is 31.1 Å². The Morgan fingerprint density at radius 1 is 1.18 bits per heavy atom. The summed E-state index contributed by atoms with van der Waals surface area (Å²) in [6, 6.07) is 0. The minimum absolute atomic E-state index is 0.00993. The number of carboxylic acid groups (broad SMARTS) is 2. The van der Waals surface area contributed by atoms with E-state index in [0.29, 0.717) is 6.54 Å². The Bertz CT molecular complexity index is 334. The van der Waals surface area contributed by atoms with Crippen LogP contribution in [0.2, 0.25) is 0 Å². The Balaban J connectivity index is 2.59. The van der Waals surface area contributed by atoms with Gasteiger partial charge in [0.05, 0.1) is 0 Å². The Morgan fingerprint density at radius 2 is 1.76 bits per heavy atom. The molecule has 0 radical (unpaired) electrons. The number of carbonyl (C=O) groups is 2. The van der Waals surface area contributed by atoms with Gasteiger partial charge in [-0.1, -0.05) is 0 Å². The van der Waals surface area contributed by atoms with E-state index in [-0.39, 0.29) is 17.6 Å². The van der Waals surface area contributed by atoms with Crippen molar-refractivity contribution < 1.29 is 19.8 Å². The highest BCUT2D eigenvalue weighted by atomic mass is 32.2. The van der Waals surface area contributed by atoms with Crippen LogP contribution in [-0.4, -0.2) is 58.2 Å². The van der Waals surface area contributed by atoms with E-state index in [1.807, 2.05) is 11.8 Å². The van der Waals surface area contributed by atoms with E-state index in [2.05, 4.69) is 4.90 Å². The molecule has 17 heavy (non-hydrogen) atoms. The molecular formula is C11H17NO4S. The van der Waals surface area contributed by atoms with Crippen LogP contribution in [0.3, 0.4) is 0 Å². The van der Waals surface area contributed by atoms with Crippen molar-refractivity contribution in [3.05, 3.63) is 11.1 Å². The zero-order chi connectivity index (χ0) is 12.8. The van der Waals surface area contributed by atoms with Crippen LogP contribution in [0.5, 0.6) is 0 Å². The first kappa shape index (κ1) is 14.1. The van der Waals surface area contributed by atoms with Crippen LogP contribution < -0.4 is 0 Å². The van der Waals surface area contributed by atoms with Crippen LogP contribution in [0.1, 0.15) is 13.3 Å². The van der Waals surface area contributed by atoms with E-state index >= 15 is 0 Å². The van der Waals surface area contributed by atoms with E-state index < -0.39 is 11.9 Å². The Hall–Kier alpha value is -1.01. The molecule has 1 aliphatic rings. The van der Waals surface area contributed by atoms with Gasteiger partial charge in [0.2, 0.25) is 0 Å². The topological polar surface area (TPSA) is 77.8 Å². The maximum atomic E-state index is 11.0. The molecule has 1 heterocycles. The van der Waals surface area contributed by atoms with Gasteiger partial charge in [-0.3, -0.25) is 0 Å². The van der Waals surface area contributed by atoms with Gasteiger partial charge in [-0.2, -0.15) is 11.8 Å². The van der Waals surface area contributed by atoms with Crippen molar-refractivity contribution in [3.8, 4) is 0 Å². The molecule has 0 unspecified atom stereocenters. The average molecular weight is 259 g/mol. The molecule has 1 fully saturated rings. The van der Waals surface area contributed by atoms with Crippen LogP contribution in [-0.2, 0) is 9.59 Å². The van der Waals surface area contributed by atoms with Gasteiger partial charge < -0.3 is 15.1 Å². The number of nitrogens with zero attached hydrogens (tertiary/aromatic N) is 1. The van der Waals surface area contributed by atoms with Gasteiger partial charge in [0.15, 0.2) is 0 Å². The van der Waals surface area contributed by atoms with Crippen molar-refractivity contribution in [2.24, 2.45) is 0 Å². The summed E-state index contributed by atoms with van der Waals surface area (Å²) in [6.45, 7) is 3.86. The molecular weight excluding hydrogens is 242 g/mol. The molecule has 0 amide bonds. The van der Waals surface area contributed by atoms with E-state index in [1.165, 1.54) is 6.92 Å². The Labute approximate surface area is 104 Å². The molecule has 0 bridgehead atoms. The number of hydrogen-bond acceptors (Lipinski definition) is 4. The molecule has 0 aromatic heterocycles. The Morgan fingerprint density at radius 3 is 2.24 bits per heavy atom. The summed E-state index contributed by atoms with van der Waals surface area (Å²) in [5.41, 5.74) is -0.0559. The summed E-state index contributed by atoms with van der Waals surface area (Å²) in [5.74, 6) is -0.165. The summed E-state index contributed by atoms with van der Waals surface area (Å²) in [7, 11) is 0. The predicted molar refractivity (Wildman–Crippen MR) is 66.4 cm³/mol. The standard InChI is InChI=1S/C11H17NO4S/c1-8(10(13)14)9(11(15)16)2-3-12-4-6-17-7-5-12/h2-7H2,1H3,(H,13,14)(H,15,16)/b9-8+. The fraction of sp³-hybridized carbons (Fsp3) is 0.636. The molecule has 0 aromatic rings. The molecule has 5 nitrogen and oxygen atoms in total. The van der Waals surface area contributed by atoms with Crippen molar-refractivity contribution in [2.45, 2.75) is 13.3 Å². The molecule has 1 rings (SSSR count). The fourth-order valence-corrected chi connectivity index (χ4v) is 2.66. The molecule has 1 saturated heterocycles. The number of thioether (sulfide) groups is 1. The lowest BCUT2D eigenvalue weighted by Crippen LogP contribution is -2.34. The van der Waals surface area contributed by atoms with Gasteiger partial charge in [-0.25, -0.2) is 9.59 Å². The lowest BCUT2D eigenvalue weighted by atomic mass is 10.1. The van der Waals surface area contributed by atoms with Gasteiger partial charge >= 0.3 is 11.9 Å². The van der Waals surface area contributed by atoms with Crippen molar-refractivity contribution in [3.63, 3.8) is 0 Å². The summed E-state index contributed by atoms with van der Waals surface area (Å²) >= 11 is 1.89. The highest BCUT2D eigenvalue weighted by molar-refractivity contribution is 7.99. The maximum Gasteiger partial charge on any atom is 0.332 e. The smallest absolute Gasteiger partial charge is 0.332 e. The highest BCUT2D eigenvalue weighted by Gasteiger charge is 2.18. The van der Waals surface area contributed by atoms with Gasteiger partial charge in [0.25, 0.3) is 0 Å². The summed E-state index contributed by atoms with van der Waals surface area (Å²) in [5, 5.41) is 17.8. The predicted octanol–water partition coefficient (Wildman–Crippen LogP) is 0.911. The summed E-state index contributed by atoms with van der Waals surface area (Å²) in [6.07, 6.45) is 0.290. The minimum atomic E-state index is -1.16. The number of hydrogen-bond donors (Lipinski definition) is 2. The van der Waals surface area contributed by atoms with Crippen molar-refractivity contribution >= 4 is 23.7 Å². The van der Waals surface area contributed by atoms with Crippen molar-refractivity contribution in [1.29, 1.82) is 0 Å². The molecule has 0 atom stereocenters. The highest BCUT2D eigenvalue weighted by Crippen LogP contribution is 2.14. The lowest BCUT2D eigenvalue weighted by molar-refractivity contribution is -0.136. The first-order valence-corrected chi connectivity index (χ1v) is 6.64. The SMILES string of the molecule is C/C(C(=O)O)=C(/CCN1CCSCC1)C(=O)O. The second-order valence-corrected chi connectivity index (χ2v) is 5.14. The number of carboxylic acids is 2. The molecule has 0 aromatic carbocycles. The molecule has 0 aliphatic carbocycles. The van der Waals surface area contributed by atoms with Gasteiger partial charge in [0, 0.05) is 42.3 Å². The third kappa shape index (κ3) is 4.40. The molecule has 96 valence electrons. The molecule has 1 aliphatic heterocycles. The van der Waals surface area contributed by atoms with E-state index in [1.54, 1.807) is 0 Å². The van der Waals surface area contributed by atoms with Gasteiger partial charge in [0.1, 0.15) is 0 Å². The average Bonchev–Trinajstić information content (AvgIpc) is 2.29. The third-order valence-electron chi connectivity index (χ3n) is 2.81. The first-order chi connectivity index (χ1) is 8.02. The maximum absolute atomic E-state index is 11.0. The molecule has 6 heteroatoms. The summed E-state index contributed by atoms with van der Waals surface area (Å²) in [4.78, 5) is 23.9. The largest absolute Gasteiger partial charge is 0.478 e. The third-order valence-corrected chi connectivity index (χ3v) is 3.76. The van der Waals surface area contributed by atoms with E-state index in [0.717, 1.165) is 24.6 Å².